The number of phenols is 2. The molecule has 56 heavy (non-hydrogen) atoms. The van der Waals surface area contributed by atoms with E-state index in [-0.39, 0.29) is 48.4 Å². The highest BCUT2D eigenvalue weighted by molar-refractivity contribution is 6.02. The van der Waals surface area contributed by atoms with Crippen LogP contribution in [-0.2, 0) is 41.7 Å². The number of phenolic OH excluding ortho intramolecular Hbond substituents is 2. The quantitative estimate of drug-likeness (QED) is 0.0795. The van der Waals surface area contributed by atoms with E-state index in [1.807, 2.05) is 42.7 Å². The van der Waals surface area contributed by atoms with Crippen LogP contribution in [0.5, 0.6) is 17.2 Å². The van der Waals surface area contributed by atoms with E-state index in [1.54, 1.807) is 24.3 Å². The summed E-state index contributed by atoms with van der Waals surface area (Å²) >= 11 is 0. The van der Waals surface area contributed by atoms with E-state index in [9.17, 15) is 30.0 Å². The molecule has 2 aromatic heterocycles. The molecule has 2 aliphatic rings. The fraction of sp³-hybridized carbons (Fsp3) is 0.348. The van der Waals surface area contributed by atoms with Gasteiger partial charge in [-0.1, -0.05) is 36.4 Å². The third-order valence-electron chi connectivity index (χ3n) is 11.3. The molecule has 3 unspecified atom stereocenters. The Hall–Kier alpha value is -5.58. The molecule has 292 valence electrons. The highest BCUT2D eigenvalue weighted by atomic mass is 16.5. The average Bonchev–Trinajstić information content (AvgIpc) is 3.85. The smallest absolute Gasteiger partial charge is 0.161 e. The van der Waals surface area contributed by atoms with Crippen molar-refractivity contribution in [2.24, 2.45) is 5.92 Å². The topological polar surface area (TPSA) is 168 Å². The number of nitrogens with one attached hydrogen (secondary N) is 3. The van der Waals surface area contributed by atoms with E-state index in [0.29, 0.717) is 62.8 Å². The number of aryl methyl sites for hydroxylation is 3. The van der Waals surface area contributed by atoms with Gasteiger partial charge in [-0.25, -0.2) is 0 Å². The van der Waals surface area contributed by atoms with Crippen molar-refractivity contribution in [3.05, 3.63) is 135 Å². The minimum absolute atomic E-state index is 0.0579. The molecule has 0 radical (unpaired) electrons. The number of aromatic hydroxyl groups is 2. The van der Waals surface area contributed by atoms with Gasteiger partial charge in [-0.05, 0) is 119 Å². The minimum atomic E-state index is -0.734. The number of ether oxygens (including phenoxy) is 1. The van der Waals surface area contributed by atoms with Crippen LogP contribution in [0.4, 0.5) is 5.82 Å². The third kappa shape index (κ3) is 8.93. The number of methoxy groups -OCH3 is 1. The fourth-order valence-electron chi connectivity index (χ4n) is 8.50. The number of carbonyl (C=O) groups is 2. The van der Waals surface area contributed by atoms with Gasteiger partial charge < -0.3 is 40.4 Å². The van der Waals surface area contributed by atoms with E-state index < -0.39 is 12.0 Å². The number of aromatic nitrogens is 2. The number of hydrogen-bond acceptors (Lipinski definition) is 8. The Bertz CT molecular complexity index is 2220. The fourth-order valence-corrected chi connectivity index (χ4v) is 8.50. The molecule has 3 heterocycles. The largest absolute Gasteiger partial charge is 0.508 e. The molecule has 10 nitrogen and oxygen atoms in total. The van der Waals surface area contributed by atoms with Gasteiger partial charge in [-0.2, -0.15) is 0 Å². The molecule has 0 amide bonds. The van der Waals surface area contributed by atoms with Gasteiger partial charge >= 0.3 is 0 Å². The van der Waals surface area contributed by atoms with Gasteiger partial charge in [0.2, 0.25) is 0 Å². The molecule has 5 aromatic rings. The lowest BCUT2D eigenvalue weighted by atomic mass is 9.71. The first-order chi connectivity index (χ1) is 27.2. The van der Waals surface area contributed by atoms with Crippen molar-refractivity contribution >= 4 is 23.5 Å². The number of benzene rings is 3. The lowest BCUT2D eigenvalue weighted by molar-refractivity contribution is -0.129. The second-order valence-corrected chi connectivity index (χ2v) is 15.3. The van der Waals surface area contributed by atoms with Crippen molar-refractivity contribution in [2.45, 2.75) is 76.2 Å². The number of ketones is 2. The van der Waals surface area contributed by atoms with E-state index in [2.05, 4.69) is 33.5 Å². The maximum atomic E-state index is 14.5. The Kier molecular flexibility index (Phi) is 12.1. The van der Waals surface area contributed by atoms with Gasteiger partial charge in [-0.15, -0.1) is 0 Å². The summed E-state index contributed by atoms with van der Waals surface area (Å²) in [5.74, 6) is 0.0207. The maximum Gasteiger partial charge on any atom is 0.161 e. The molecule has 0 saturated carbocycles. The second kappa shape index (κ2) is 17.5. The summed E-state index contributed by atoms with van der Waals surface area (Å²) in [6.07, 6.45) is 9.05. The van der Waals surface area contributed by atoms with E-state index in [4.69, 9.17) is 4.74 Å². The summed E-state index contributed by atoms with van der Waals surface area (Å²) < 4.78 is 5.55. The number of carbonyl (C=O) groups excluding carboxylic acids is 2. The Morgan fingerprint density at radius 2 is 1.70 bits per heavy atom. The molecule has 7 rings (SSSR count). The zero-order chi connectivity index (χ0) is 39.2. The van der Waals surface area contributed by atoms with Crippen LogP contribution in [0.15, 0.2) is 84.7 Å². The third-order valence-corrected chi connectivity index (χ3v) is 11.3. The number of fused-ring (bicyclic) bond motifs is 7. The lowest BCUT2D eigenvalue weighted by Gasteiger charge is -2.34. The molecular weight excluding hydrogens is 707 g/mol. The molecular formula is C46H51N3O7. The average molecular weight is 758 g/mol. The van der Waals surface area contributed by atoms with Gasteiger partial charge in [0.1, 0.15) is 23.1 Å². The summed E-state index contributed by atoms with van der Waals surface area (Å²) in [7, 11) is 1.51. The molecule has 0 saturated heterocycles. The summed E-state index contributed by atoms with van der Waals surface area (Å²) in [6, 6.07) is 21.0. The Labute approximate surface area is 327 Å². The first-order valence-electron chi connectivity index (χ1n) is 19.6. The van der Waals surface area contributed by atoms with Crippen molar-refractivity contribution in [2.75, 3.05) is 25.6 Å². The van der Waals surface area contributed by atoms with E-state index in [1.165, 1.54) is 7.11 Å². The normalized spacial score (nSPS) is 17.9. The van der Waals surface area contributed by atoms with Crippen LogP contribution in [0.2, 0.25) is 0 Å². The summed E-state index contributed by atoms with van der Waals surface area (Å²) in [5.41, 5.74) is 9.39. The van der Waals surface area contributed by atoms with E-state index in [0.717, 1.165) is 62.4 Å². The molecule has 10 heteroatoms. The highest BCUT2D eigenvalue weighted by Crippen LogP contribution is 2.43. The maximum absolute atomic E-state index is 14.5. The monoisotopic (exact) mass is 757 g/mol. The van der Waals surface area contributed by atoms with E-state index >= 15 is 0 Å². The number of aromatic amines is 2. The Morgan fingerprint density at radius 1 is 0.857 bits per heavy atom. The van der Waals surface area contributed by atoms with Crippen LogP contribution >= 0.6 is 0 Å². The molecule has 1 aliphatic carbocycles. The predicted molar refractivity (Wildman–Crippen MR) is 216 cm³/mol. The number of H-pyrrole nitrogens is 2. The van der Waals surface area contributed by atoms with Gasteiger partial charge in [0.25, 0.3) is 0 Å². The van der Waals surface area contributed by atoms with Crippen LogP contribution in [0.25, 0.3) is 6.08 Å². The van der Waals surface area contributed by atoms with Crippen molar-refractivity contribution in [1.29, 1.82) is 0 Å². The van der Waals surface area contributed by atoms with Gasteiger partial charge in [-0.3, -0.25) is 9.59 Å². The Morgan fingerprint density at radius 3 is 2.52 bits per heavy atom. The molecule has 3 aromatic carbocycles. The van der Waals surface area contributed by atoms with Gasteiger partial charge in [0, 0.05) is 67.9 Å². The van der Waals surface area contributed by atoms with Crippen molar-refractivity contribution < 1.29 is 34.8 Å². The number of hydrogen-bond donors (Lipinski definition) is 7. The van der Waals surface area contributed by atoms with Crippen molar-refractivity contribution in [1.82, 2.24) is 9.97 Å². The number of rotatable bonds is 9. The van der Waals surface area contributed by atoms with Gasteiger partial charge in [0.05, 0.1) is 19.6 Å². The first-order valence-corrected chi connectivity index (χ1v) is 19.6. The highest BCUT2D eigenvalue weighted by Gasteiger charge is 2.38. The molecule has 0 fully saturated rings. The molecule has 7 N–H and O–H groups in total. The predicted octanol–water partition coefficient (Wildman–Crippen LogP) is 6.94. The van der Waals surface area contributed by atoms with Crippen LogP contribution < -0.4 is 10.1 Å². The standard InChI is InChI=1S/C46H51N3O7/c1-56-43-22-30-9-12-38(53)26-42(54)44-35(24-41-39(14-16-47-41)40(44)25-37(52)11-8-28-4-2-6-36(51)21-28)27-49-46-32(13-15-48-46)23-33-18-29(19-34(20-30)45(43)55)7-10-31(33)5-3-17-50/h2,4,6-7,10,13-16,18,20-22,24,37,40,44,47-52,55H,3,5,8-9,11-12,17,19,23,25-27H2,1H3. The second-order valence-electron chi connectivity index (χ2n) is 15.3. The van der Waals surface area contributed by atoms with Gasteiger partial charge in [0.15, 0.2) is 11.5 Å². The van der Waals surface area contributed by atoms with Crippen molar-refractivity contribution in [3.8, 4) is 17.2 Å². The SMILES string of the molecule is COc1cc2cc(c1O)Cc1ccc(CCCO)c(c1)Cc1cc[nH]c1NCC1=Cc3[nH]ccc3C(CC(O)CCc3cccc(O)c3)C1C(=O)CC(=O)CC2. The van der Waals surface area contributed by atoms with Crippen LogP contribution in [0.3, 0.4) is 0 Å². The minimum Gasteiger partial charge on any atom is -0.508 e. The molecule has 0 spiro atoms. The molecule has 1 aliphatic heterocycles. The van der Waals surface area contributed by atoms with Crippen LogP contribution in [0.1, 0.15) is 88.2 Å². The molecule has 3 atom stereocenters. The lowest BCUT2D eigenvalue weighted by Crippen LogP contribution is -2.33. The van der Waals surface area contributed by atoms with Crippen LogP contribution in [-0.4, -0.2) is 68.3 Å². The number of aliphatic hydroxyl groups is 2. The summed E-state index contributed by atoms with van der Waals surface area (Å²) in [5, 5.41) is 45.8. The summed E-state index contributed by atoms with van der Waals surface area (Å²) in [4.78, 5) is 34.8. The van der Waals surface area contributed by atoms with Crippen molar-refractivity contribution in [3.63, 3.8) is 0 Å². The summed E-state index contributed by atoms with van der Waals surface area (Å²) in [6.45, 7) is 0.434. The van der Waals surface area contributed by atoms with Crippen LogP contribution in [0, 0.1) is 5.92 Å². The first kappa shape index (κ1) is 38.7. The number of aliphatic hydroxyl groups excluding tert-OH is 2. The zero-order valence-corrected chi connectivity index (χ0v) is 31.8. The number of Topliss-reactive ketones (excluding diaryl/α,β-unsaturated/α-hetero) is 2. The molecule has 4 bridgehead atoms. The number of anilines is 1. The Balaban J connectivity index is 1.24. The zero-order valence-electron chi connectivity index (χ0n) is 31.8.